The summed E-state index contributed by atoms with van der Waals surface area (Å²) in [5.41, 5.74) is 1.33. The summed E-state index contributed by atoms with van der Waals surface area (Å²) >= 11 is 0. The molecule has 1 amide bonds. The Balaban J connectivity index is 1.77. The molecule has 9 nitrogen and oxygen atoms in total. The van der Waals surface area contributed by atoms with Crippen LogP contribution < -0.4 is 10.1 Å². The van der Waals surface area contributed by atoms with Crippen LogP contribution in [0.25, 0.3) is 0 Å². The molecule has 2 aromatic rings. The maximum atomic E-state index is 13.1. The molecule has 1 atom stereocenters. The van der Waals surface area contributed by atoms with Crippen molar-refractivity contribution in [2.24, 2.45) is 5.92 Å². The molecule has 166 valence electrons. The first-order valence-corrected chi connectivity index (χ1v) is 11.3. The number of benzene rings is 2. The minimum atomic E-state index is -3.77. The van der Waals surface area contributed by atoms with Gasteiger partial charge in [0.25, 0.3) is 5.69 Å². The molecule has 0 aromatic heterocycles. The second-order valence-electron chi connectivity index (χ2n) is 7.53. The Labute approximate surface area is 181 Å². The van der Waals surface area contributed by atoms with Crippen LogP contribution in [0.3, 0.4) is 0 Å². The fourth-order valence-corrected chi connectivity index (χ4v) is 5.34. The van der Waals surface area contributed by atoms with Crippen LogP contribution >= 0.6 is 0 Å². The zero-order valence-electron chi connectivity index (χ0n) is 17.6. The Morgan fingerprint density at radius 2 is 2.00 bits per heavy atom. The summed E-state index contributed by atoms with van der Waals surface area (Å²) in [5.74, 6) is -0.307. The number of hydrogen-bond donors (Lipinski definition) is 1. The second kappa shape index (κ2) is 9.03. The highest BCUT2D eigenvalue weighted by atomic mass is 32.2. The number of ether oxygens (including phenoxy) is 1. The topological polar surface area (TPSA) is 119 Å². The average Bonchev–Trinajstić information content (AvgIpc) is 2.75. The van der Waals surface area contributed by atoms with E-state index in [1.807, 2.05) is 0 Å². The van der Waals surface area contributed by atoms with Gasteiger partial charge in [-0.25, -0.2) is 8.42 Å². The fraction of sp³-hybridized carbons (Fsp3) is 0.381. The van der Waals surface area contributed by atoms with Crippen molar-refractivity contribution < 1.29 is 22.9 Å². The Morgan fingerprint density at radius 1 is 1.26 bits per heavy atom. The number of nitrogens with one attached hydrogen (secondary N) is 1. The highest BCUT2D eigenvalue weighted by Crippen LogP contribution is 2.29. The van der Waals surface area contributed by atoms with Crippen LogP contribution in [0.4, 0.5) is 11.4 Å². The zero-order valence-corrected chi connectivity index (χ0v) is 18.4. The normalized spacial score (nSPS) is 17.2. The van der Waals surface area contributed by atoms with Gasteiger partial charge in [-0.1, -0.05) is 6.07 Å². The third kappa shape index (κ3) is 4.70. The molecule has 2 aromatic carbocycles. The third-order valence-corrected chi connectivity index (χ3v) is 7.38. The van der Waals surface area contributed by atoms with E-state index in [1.54, 1.807) is 32.0 Å². The van der Waals surface area contributed by atoms with Gasteiger partial charge < -0.3 is 10.1 Å². The van der Waals surface area contributed by atoms with Crippen molar-refractivity contribution in [2.45, 2.75) is 31.6 Å². The molecule has 1 N–H and O–H groups in total. The summed E-state index contributed by atoms with van der Waals surface area (Å²) in [6.45, 7) is 3.71. The smallest absolute Gasteiger partial charge is 0.274 e. The second-order valence-corrected chi connectivity index (χ2v) is 9.47. The SMILES string of the molecule is COc1ccc(S(=O)(=O)N2CCCC(C(=O)Nc3cccc([N+](=O)[O-])c3C)C2)cc1C. The first-order valence-electron chi connectivity index (χ1n) is 9.84. The van der Waals surface area contributed by atoms with E-state index in [0.717, 1.165) is 0 Å². The predicted octanol–water partition coefficient (Wildman–Crippen LogP) is 3.26. The predicted molar refractivity (Wildman–Crippen MR) is 116 cm³/mol. The van der Waals surface area contributed by atoms with Crippen molar-refractivity contribution in [1.82, 2.24) is 4.31 Å². The van der Waals surface area contributed by atoms with Gasteiger partial charge in [0.2, 0.25) is 15.9 Å². The van der Waals surface area contributed by atoms with E-state index in [1.165, 1.54) is 29.6 Å². The monoisotopic (exact) mass is 447 g/mol. The van der Waals surface area contributed by atoms with Crippen LogP contribution in [0.5, 0.6) is 5.75 Å². The highest BCUT2D eigenvalue weighted by Gasteiger charge is 2.34. The number of aryl methyl sites for hydroxylation is 1. The number of methoxy groups -OCH3 is 1. The van der Waals surface area contributed by atoms with Gasteiger partial charge in [0.1, 0.15) is 5.75 Å². The van der Waals surface area contributed by atoms with Crippen LogP contribution in [0, 0.1) is 29.9 Å². The van der Waals surface area contributed by atoms with Gasteiger partial charge in [-0.2, -0.15) is 4.31 Å². The van der Waals surface area contributed by atoms with Gasteiger partial charge in [0.15, 0.2) is 0 Å². The Bertz CT molecular complexity index is 1120. The van der Waals surface area contributed by atoms with Gasteiger partial charge >= 0.3 is 0 Å². The highest BCUT2D eigenvalue weighted by molar-refractivity contribution is 7.89. The van der Waals surface area contributed by atoms with Crippen LogP contribution in [0.2, 0.25) is 0 Å². The van der Waals surface area contributed by atoms with Gasteiger partial charge in [-0.15, -0.1) is 0 Å². The number of amides is 1. The molecular weight excluding hydrogens is 422 g/mol. The van der Waals surface area contributed by atoms with Crippen molar-refractivity contribution in [3.8, 4) is 5.75 Å². The largest absolute Gasteiger partial charge is 0.496 e. The number of rotatable bonds is 6. The summed E-state index contributed by atoms with van der Waals surface area (Å²) in [4.78, 5) is 23.6. The van der Waals surface area contributed by atoms with Crippen molar-refractivity contribution in [2.75, 3.05) is 25.5 Å². The lowest BCUT2D eigenvalue weighted by Crippen LogP contribution is -2.43. The molecule has 3 rings (SSSR count). The van der Waals surface area contributed by atoms with E-state index >= 15 is 0 Å². The van der Waals surface area contributed by atoms with Crippen molar-refractivity contribution in [3.05, 3.63) is 57.6 Å². The van der Waals surface area contributed by atoms with Gasteiger partial charge in [-0.3, -0.25) is 14.9 Å². The lowest BCUT2D eigenvalue weighted by Gasteiger charge is -2.31. The van der Waals surface area contributed by atoms with Crippen LogP contribution in [-0.2, 0) is 14.8 Å². The molecule has 0 aliphatic carbocycles. The van der Waals surface area contributed by atoms with Crippen molar-refractivity contribution >= 4 is 27.3 Å². The summed E-state index contributed by atoms with van der Waals surface area (Å²) in [6, 6.07) is 9.14. The molecule has 1 aliphatic rings. The molecule has 0 spiro atoms. The lowest BCUT2D eigenvalue weighted by atomic mass is 9.98. The molecule has 10 heteroatoms. The van der Waals surface area contributed by atoms with Crippen LogP contribution in [0.1, 0.15) is 24.0 Å². The summed E-state index contributed by atoms with van der Waals surface area (Å²) in [5, 5.41) is 13.9. The number of nitro benzene ring substituents is 1. The maximum absolute atomic E-state index is 13.1. The van der Waals surface area contributed by atoms with E-state index in [-0.39, 0.29) is 23.0 Å². The quantitative estimate of drug-likeness (QED) is 0.536. The van der Waals surface area contributed by atoms with E-state index in [9.17, 15) is 23.3 Å². The van der Waals surface area contributed by atoms with E-state index < -0.39 is 20.9 Å². The number of piperidine rings is 1. The molecule has 1 unspecified atom stereocenters. The molecule has 0 radical (unpaired) electrons. The minimum absolute atomic E-state index is 0.0488. The zero-order chi connectivity index (χ0) is 22.8. The standard InChI is InChI=1S/C21H25N3O6S/c1-14-12-17(9-10-20(14)30-3)31(28,29)23-11-5-6-16(13-23)21(25)22-18-7-4-8-19(15(18)2)24(26)27/h4,7-10,12,16H,5-6,11,13H2,1-3H3,(H,22,25). The van der Waals surface area contributed by atoms with Gasteiger partial charge in [-0.05, 0) is 56.5 Å². The molecule has 1 aliphatic heterocycles. The van der Waals surface area contributed by atoms with E-state index in [0.29, 0.717) is 42.0 Å². The molecule has 0 bridgehead atoms. The molecule has 1 saturated heterocycles. The van der Waals surface area contributed by atoms with Crippen LogP contribution in [0.15, 0.2) is 41.3 Å². The number of nitrogens with zero attached hydrogens (tertiary/aromatic N) is 2. The number of hydrogen-bond acceptors (Lipinski definition) is 6. The minimum Gasteiger partial charge on any atom is -0.496 e. The van der Waals surface area contributed by atoms with Crippen molar-refractivity contribution in [3.63, 3.8) is 0 Å². The summed E-state index contributed by atoms with van der Waals surface area (Å²) < 4.78 is 32.7. The number of nitro groups is 1. The molecular formula is C21H25N3O6S. The first kappa shape index (κ1) is 22.7. The Morgan fingerprint density at radius 3 is 2.65 bits per heavy atom. The average molecular weight is 448 g/mol. The number of carbonyl (C=O) groups excluding carboxylic acids is 1. The third-order valence-electron chi connectivity index (χ3n) is 5.52. The summed E-state index contributed by atoms with van der Waals surface area (Å²) in [6.07, 6.45) is 1.08. The molecule has 1 fully saturated rings. The number of sulfonamides is 1. The Hall–Kier alpha value is -2.98. The molecule has 31 heavy (non-hydrogen) atoms. The van der Waals surface area contributed by atoms with Gasteiger partial charge in [0.05, 0.1) is 34.1 Å². The van der Waals surface area contributed by atoms with Crippen LogP contribution in [-0.4, -0.2) is 43.8 Å². The number of carbonyl (C=O) groups is 1. The Kier molecular flexibility index (Phi) is 6.61. The van der Waals surface area contributed by atoms with E-state index in [2.05, 4.69) is 5.32 Å². The van der Waals surface area contributed by atoms with Crippen molar-refractivity contribution in [1.29, 1.82) is 0 Å². The number of anilines is 1. The first-order chi connectivity index (χ1) is 14.6. The molecule has 1 heterocycles. The molecule has 0 saturated carbocycles. The van der Waals surface area contributed by atoms with E-state index in [4.69, 9.17) is 4.74 Å². The summed E-state index contributed by atoms with van der Waals surface area (Å²) in [7, 11) is -2.25. The van der Waals surface area contributed by atoms with Gasteiger partial charge in [0, 0.05) is 19.2 Å². The lowest BCUT2D eigenvalue weighted by molar-refractivity contribution is -0.385. The fourth-order valence-electron chi connectivity index (χ4n) is 3.73. The maximum Gasteiger partial charge on any atom is 0.274 e.